The Bertz CT molecular complexity index is 209. The number of hydrogen-bond acceptors (Lipinski definition) is 3. The molecule has 0 heterocycles. The number of carbonyl (C=O) groups is 1. The van der Waals surface area contributed by atoms with Gasteiger partial charge in [0.25, 0.3) is 0 Å². The van der Waals surface area contributed by atoms with Crippen molar-refractivity contribution in [1.29, 1.82) is 0 Å². The molecule has 96 valence electrons. The monoisotopic (exact) mass is 231 g/mol. The van der Waals surface area contributed by atoms with Gasteiger partial charge in [0, 0.05) is 19.7 Å². The number of amides is 1. The number of ether oxygens (including phenoxy) is 1. The second-order valence-corrected chi connectivity index (χ2v) is 5.40. The van der Waals surface area contributed by atoms with Crippen molar-refractivity contribution in [3.8, 4) is 0 Å². The van der Waals surface area contributed by atoms with Gasteiger partial charge in [0.2, 0.25) is 0 Å². The summed E-state index contributed by atoms with van der Waals surface area (Å²) in [6, 6.07) is 0. The van der Waals surface area contributed by atoms with E-state index in [2.05, 4.69) is 13.8 Å². The maximum atomic E-state index is 11.8. The Morgan fingerprint density at radius 1 is 1.38 bits per heavy atom. The molecular formula is C12H25NO3. The molecule has 0 saturated carbocycles. The molecule has 1 amide bonds. The van der Waals surface area contributed by atoms with Gasteiger partial charge in [0.1, 0.15) is 5.60 Å². The van der Waals surface area contributed by atoms with Crippen LogP contribution in [0, 0.1) is 5.92 Å². The highest BCUT2D eigenvalue weighted by Crippen LogP contribution is 2.11. The molecule has 0 aromatic heterocycles. The molecule has 0 spiro atoms. The quantitative estimate of drug-likeness (QED) is 0.789. The van der Waals surface area contributed by atoms with Crippen molar-refractivity contribution in [2.75, 3.05) is 19.7 Å². The van der Waals surface area contributed by atoms with Gasteiger partial charge in [-0.15, -0.1) is 0 Å². The zero-order valence-corrected chi connectivity index (χ0v) is 11.1. The number of aliphatic hydroxyl groups excluding tert-OH is 1. The molecule has 0 bridgehead atoms. The van der Waals surface area contributed by atoms with E-state index in [1.54, 1.807) is 4.90 Å². The van der Waals surface area contributed by atoms with Crippen LogP contribution in [0.4, 0.5) is 4.79 Å². The first-order valence-electron chi connectivity index (χ1n) is 5.85. The molecule has 0 radical (unpaired) electrons. The van der Waals surface area contributed by atoms with Crippen LogP contribution in [0.15, 0.2) is 0 Å². The van der Waals surface area contributed by atoms with Crippen LogP contribution in [0.3, 0.4) is 0 Å². The van der Waals surface area contributed by atoms with Crippen LogP contribution in [0.25, 0.3) is 0 Å². The smallest absolute Gasteiger partial charge is 0.410 e. The molecule has 0 aliphatic rings. The summed E-state index contributed by atoms with van der Waals surface area (Å²) < 4.78 is 5.30. The second kappa shape index (κ2) is 6.74. The number of rotatable bonds is 5. The lowest BCUT2D eigenvalue weighted by Gasteiger charge is -2.28. The second-order valence-electron chi connectivity index (χ2n) is 5.40. The maximum Gasteiger partial charge on any atom is 0.410 e. The van der Waals surface area contributed by atoms with Gasteiger partial charge < -0.3 is 14.7 Å². The van der Waals surface area contributed by atoms with E-state index in [0.717, 1.165) is 0 Å². The fraction of sp³-hybridized carbons (Fsp3) is 0.917. The topological polar surface area (TPSA) is 49.8 Å². The van der Waals surface area contributed by atoms with Crippen molar-refractivity contribution in [1.82, 2.24) is 4.90 Å². The zero-order chi connectivity index (χ0) is 12.8. The minimum atomic E-state index is -0.467. The Balaban J connectivity index is 4.31. The third kappa shape index (κ3) is 7.51. The lowest BCUT2D eigenvalue weighted by atomic mass is 10.2. The van der Waals surface area contributed by atoms with Crippen molar-refractivity contribution in [3.63, 3.8) is 0 Å². The molecule has 0 fully saturated rings. The van der Waals surface area contributed by atoms with Crippen molar-refractivity contribution < 1.29 is 14.6 Å². The van der Waals surface area contributed by atoms with Gasteiger partial charge in [-0.3, -0.25) is 0 Å². The number of carbonyl (C=O) groups excluding carboxylic acids is 1. The van der Waals surface area contributed by atoms with Crippen LogP contribution in [0.2, 0.25) is 0 Å². The SMILES string of the molecule is CC(C)CN(CCCO)C(=O)OC(C)(C)C. The van der Waals surface area contributed by atoms with E-state index in [4.69, 9.17) is 9.84 Å². The summed E-state index contributed by atoms with van der Waals surface area (Å²) in [5.74, 6) is 0.395. The van der Waals surface area contributed by atoms with E-state index in [0.29, 0.717) is 25.4 Å². The maximum absolute atomic E-state index is 11.8. The van der Waals surface area contributed by atoms with E-state index in [1.165, 1.54) is 0 Å². The third-order valence-electron chi connectivity index (χ3n) is 1.82. The highest BCUT2D eigenvalue weighted by molar-refractivity contribution is 5.68. The Hall–Kier alpha value is -0.770. The van der Waals surface area contributed by atoms with Crippen molar-refractivity contribution in [2.24, 2.45) is 5.92 Å². The summed E-state index contributed by atoms with van der Waals surface area (Å²) in [6.45, 7) is 11.0. The largest absolute Gasteiger partial charge is 0.444 e. The molecule has 1 N–H and O–H groups in total. The summed E-state index contributed by atoms with van der Waals surface area (Å²) in [5, 5.41) is 8.78. The standard InChI is InChI=1S/C12H25NO3/c1-10(2)9-13(7-6-8-14)11(15)16-12(3,4)5/h10,14H,6-9H2,1-5H3. The molecule has 0 aliphatic carbocycles. The Morgan fingerprint density at radius 3 is 2.31 bits per heavy atom. The average molecular weight is 231 g/mol. The van der Waals surface area contributed by atoms with Gasteiger partial charge in [-0.25, -0.2) is 4.79 Å². The Kier molecular flexibility index (Phi) is 6.41. The van der Waals surface area contributed by atoms with Gasteiger partial charge in [-0.1, -0.05) is 13.8 Å². The molecule has 0 unspecified atom stereocenters. The lowest BCUT2D eigenvalue weighted by Crippen LogP contribution is -2.39. The van der Waals surface area contributed by atoms with Crippen molar-refractivity contribution in [3.05, 3.63) is 0 Å². The van der Waals surface area contributed by atoms with Crippen molar-refractivity contribution in [2.45, 2.75) is 46.6 Å². The van der Waals surface area contributed by atoms with Crippen LogP contribution in [0.1, 0.15) is 41.0 Å². The van der Waals surface area contributed by atoms with E-state index in [9.17, 15) is 4.79 Å². The number of hydrogen-bond donors (Lipinski definition) is 1. The first kappa shape index (κ1) is 15.2. The predicted octanol–water partition coefficient (Wildman–Crippen LogP) is 2.26. The molecule has 0 saturated heterocycles. The van der Waals surface area contributed by atoms with E-state index in [1.807, 2.05) is 20.8 Å². The summed E-state index contributed by atoms with van der Waals surface area (Å²) in [4.78, 5) is 13.5. The first-order chi connectivity index (χ1) is 7.26. The molecule has 16 heavy (non-hydrogen) atoms. The normalized spacial score (nSPS) is 11.7. The van der Waals surface area contributed by atoms with E-state index in [-0.39, 0.29) is 12.7 Å². The highest BCUT2D eigenvalue weighted by Gasteiger charge is 2.22. The van der Waals surface area contributed by atoms with Gasteiger partial charge in [-0.2, -0.15) is 0 Å². The van der Waals surface area contributed by atoms with Gasteiger partial charge >= 0.3 is 6.09 Å². The third-order valence-corrected chi connectivity index (χ3v) is 1.82. The van der Waals surface area contributed by atoms with Gasteiger partial charge in [0.15, 0.2) is 0 Å². The molecule has 4 heteroatoms. The Labute approximate surface area is 98.6 Å². The Morgan fingerprint density at radius 2 is 1.94 bits per heavy atom. The molecule has 0 aromatic rings. The minimum absolute atomic E-state index is 0.0946. The number of nitrogens with zero attached hydrogens (tertiary/aromatic N) is 1. The molecule has 0 atom stereocenters. The summed E-state index contributed by atoms with van der Waals surface area (Å²) in [6.07, 6.45) is 0.293. The van der Waals surface area contributed by atoms with Crippen LogP contribution < -0.4 is 0 Å². The molecule has 0 rings (SSSR count). The van der Waals surface area contributed by atoms with Crippen LogP contribution in [0.5, 0.6) is 0 Å². The van der Waals surface area contributed by atoms with E-state index >= 15 is 0 Å². The lowest BCUT2D eigenvalue weighted by molar-refractivity contribution is 0.0218. The molecule has 4 nitrogen and oxygen atoms in total. The zero-order valence-electron chi connectivity index (χ0n) is 11.1. The fourth-order valence-electron chi connectivity index (χ4n) is 1.29. The summed E-state index contributed by atoms with van der Waals surface area (Å²) in [7, 11) is 0. The van der Waals surface area contributed by atoms with Crippen LogP contribution >= 0.6 is 0 Å². The first-order valence-corrected chi connectivity index (χ1v) is 5.85. The van der Waals surface area contributed by atoms with Crippen LogP contribution in [-0.2, 0) is 4.74 Å². The van der Waals surface area contributed by atoms with Gasteiger partial charge in [-0.05, 0) is 33.1 Å². The van der Waals surface area contributed by atoms with Gasteiger partial charge in [0.05, 0.1) is 0 Å². The average Bonchev–Trinajstić information content (AvgIpc) is 2.08. The summed E-state index contributed by atoms with van der Waals surface area (Å²) in [5.41, 5.74) is -0.467. The molecule has 0 aliphatic heterocycles. The minimum Gasteiger partial charge on any atom is -0.444 e. The highest BCUT2D eigenvalue weighted by atomic mass is 16.6. The van der Waals surface area contributed by atoms with E-state index < -0.39 is 5.60 Å². The summed E-state index contributed by atoms with van der Waals surface area (Å²) >= 11 is 0. The molecular weight excluding hydrogens is 206 g/mol. The number of aliphatic hydroxyl groups is 1. The fourth-order valence-corrected chi connectivity index (χ4v) is 1.29. The molecule has 0 aromatic carbocycles. The van der Waals surface area contributed by atoms with Crippen molar-refractivity contribution >= 4 is 6.09 Å². The van der Waals surface area contributed by atoms with Crippen LogP contribution in [-0.4, -0.2) is 41.4 Å². The predicted molar refractivity (Wildman–Crippen MR) is 64.3 cm³/mol.